The zero-order valence-corrected chi connectivity index (χ0v) is 11.5. The number of amides is 1. The van der Waals surface area contributed by atoms with Gasteiger partial charge in [-0.2, -0.15) is 13.2 Å². The van der Waals surface area contributed by atoms with Crippen molar-refractivity contribution in [3.05, 3.63) is 0 Å². The van der Waals surface area contributed by atoms with Gasteiger partial charge in [0.25, 0.3) is 0 Å². The second-order valence-electron chi connectivity index (χ2n) is 5.20. The standard InChI is InChI=1S/C12H16F3NO3S/c13-12(14,15)8-4-2-1-3-7(8)10(17)16-6-20-5-9(16)11(18)19/h7-9H,1-6H2,(H,18,19). The Hall–Kier alpha value is -0.920. The molecule has 1 amide bonds. The summed E-state index contributed by atoms with van der Waals surface area (Å²) in [5, 5.41) is 9.03. The van der Waals surface area contributed by atoms with Crippen molar-refractivity contribution in [3.63, 3.8) is 0 Å². The van der Waals surface area contributed by atoms with Crippen LogP contribution in [0, 0.1) is 11.8 Å². The lowest BCUT2D eigenvalue weighted by Gasteiger charge is -2.35. The van der Waals surface area contributed by atoms with E-state index < -0.39 is 35.9 Å². The molecule has 0 aromatic rings. The lowest BCUT2D eigenvalue weighted by molar-refractivity contribution is -0.201. The molecule has 1 N–H and O–H groups in total. The largest absolute Gasteiger partial charge is 0.480 e. The predicted octanol–water partition coefficient (Wildman–Crippen LogP) is 2.34. The molecule has 0 bridgehead atoms. The van der Waals surface area contributed by atoms with Crippen molar-refractivity contribution in [2.24, 2.45) is 11.8 Å². The second kappa shape index (κ2) is 5.83. The van der Waals surface area contributed by atoms with E-state index in [4.69, 9.17) is 5.11 Å². The van der Waals surface area contributed by atoms with Gasteiger partial charge in [0.1, 0.15) is 6.04 Å². The number of rotatable bonds is 2. The van der Waals surface area contributed by atoms with Gasteiger partial charge in [0.2, 0.25) is 5.91 Å². The molecule has 3 unspecified atom stereocenters. The summed E-state index contributed by atoms with van der Waals surface area (Å²) in [4.78, 5) is 24.5. The molecule has 20 heavy (non-hydrogen) atoms. The molecule has 0 spiro atoms. The SMILES string of the molecule is O=C(O)C1CSCN1C(=O)C1CCCCC1C(F)(F)F. The van der Waals surface area contributed by atoms with Crippen LogP contribution in [0.3, 0.4) is 0 Å². The lowest BCUT2D eigenvalue weighted by Crippen LogP contribution is -2.48. The number of nitrogens with zero attached hydrogens (tertiary/aromatic N) is 1. The van der Waals surface area contributed by atoms with Crippen LogP contribution in [0.2, 0.25) is 0 Å². The molecule has 1 heterocycles. The van der Waals surface area contributed by atoms with Crippen LogP contribution in [0.5, 0.6) is 0 Å². The molecule has 8 heteroatoms. The highest BCUT2D eigenvalue weighted by molar-refractivity contribution is 7.99. The number of thioether (sulfide) groups is 1. The van der Waals surface area contributed by atoms with Crippen molar-refractivity contribution in [2.45, 2.75) is 37.9 Å². The number of hydrogen-bond donors (Lipinski definition) is 1. The van der Waals surface area contributed by atoms with E-state index >= 15 is 0 Å². The van der Waals surface area contributed by atoms with Gasteiger partial charge in [0, 0.05) is 11.7 Å². The van der Waals surface area contributed by atoms with E-state index in [2.05, 4.69) is 0 Å². The van der Waals surface area contributed by atoms with E-state index in [1.807, 2.05) is 0 Å². The van der Waals surface area contributed by atoms with Crippen LogP contribution in [0.4, 0.5) is 13.2 Å². The number of carbonyl (C=O) groups excluding carboxylic acids is 1. The number of carboxylic acid groups (broad SMARTS) is 1. The van der Waals surface area contributed by atoms with E-state index in [-0.39, 0.29) is 24.5 Å². The summed E-state index contributed by atoms with van der Waals surface area (Å²) in [5.41, 5.74) is 0. The third kappa shape index (κ3) is 3.05. The molecule has 3 atom stereocenters. The Bertz CT molecular complexity index is 402. The Morgan fingerprint density at radius 2 is 1.85 bits per heavy atom. The average Bonchev–Trinajstić information content (AvgIpc) is 2.86. The number of alkyl halides is 3. The molecule has 4 nitrogen and oxygen atoms in total. The molecular formula is C12H16F3NO3S. The van der Waals surface area contributed by atoms with Crippen molar-refractivity contribution >= 4 is 23.6 Å². The van der Waals surface area contributed by atoms with Gasteiger partial charge in [0.05, 0.1) is 11.8 Å². The molecule has 2 fully saturated rings. The molecule has 0 aromatic heterocycles. The van der Waals surface area contributed by atoms with Crippen LogP contribution < -0.4 is 0 Å². The summed E-state index contributed by atoms with van der Waals surface area (Å²) < 4.78 is 39.0. The summed E-state index contributed by atoms with van der Waals surface area (Å²) >= 11 is 1.26. The molecule has 1 aliphatic heterocycles. The topological polar surface area (TPSA) is 57.6 Å². The third-order valence-corrected chi connectivity index (χ3v) is 4.97. The normalized spacial score (nSPS) is 31.4. The summed E-state index contributed by atoms with van der Waals surface area (Å²) in [6.45, 7) is 0. The Morgan fingerprint density at radius 1 is 1.20 bits per heavy atom. The summed E-state index contributed by atoms with van der Waals surface area (Å²) in [7, 11) is 0. The molecule has 2 rings (SSSR count). The van der Waals surface area contributed by atoms with Crippen LogP contribution in [0.25, 0.3) is 0 Å². The van der Waals surface area contributed by atoms with Gasteiger partial charge < -0.3 is 10.0 Å². The summed E-state index contributed by atoms with van der Waals surface area (Å²) in [6, 6.07) is -0.997. The maximum atomic E-state index is 13.0. The summed E-state index contributed by atoms with van der Waals surface area (Å²) in [5.74, 6) is -4.15. The quantitative estimate of drug-likeness (QED) is 0.850. The Labute approximate surface area is 118 Å². The van der Waals surface area contributed by atoms with Gasteiger partial charge in [-0.25, -0.2) is 4.79 Å². The first kappa shape index (κ1) is 15.5. The fourth-order valence-corrected chi connectivity index (χ4v) is 4.05. The number of hydrogen-bond acceptors (Lipinski definition) is 3. The molecule has 0 radical (unpaired) electrons. The monoisotopic (exact) mass is 311 g/mol. The Kier molecular flexibility index (Phi) is 4.51. The third-order valence-electron chi connectivity index (χ3n) is 3.95. The number of carbonyl (C=O) groups is 2. The second-order valence-corrected chi connectivity index (χ2v) is 6.20. The summed E-state index contributed by atoms with van der Waals surface area (Å²) in [6.07, 6.45) is -3.20. The van der Waals surface area contributed by atoms with Crippen LogP contribution in [0.1, 0.15) is 25.7 Å². The lowest BCUT2D eigenvalue weighted by atomic mass is 9.78. The first-order valence-electron chi connectivity index (χ1n) is 6.50. The van der Waals surface area contributed by atoms with Gasteiger partial charge in [0.15, 0.2) is 0 Å². The van der Waals surface area contributed by atoms with Crippen LogP contribution in [0.15, 0.2) is 0 Å². The minimum Gasteiger partial charge on any atom is -0.480 e. The Morgan fingerprint density at radius 3 is 2.45 bits per heavy atom. The first-order valence-corrected chi connectivity index (χ1v) is 7.65. The fraction of sp³-hybridized carbons (Fsp3) is 0.833. The van der Waals surface area contributed by atoms with Gasteiger partial charge in [-0.3, -0.25) is 4.79 Å². The maximum Gasteiger partial charge on any atom is 0.392 e. The van der Waals surface area contributed by atoms with Crippen molar-refractivity contribution in [1.29, 1.82) is 0 Å². The van der Waals surface area contributed by atoms with E-state index in [9.17, 15) is 22.8 Å². The number of aliphatic carboxylic acids is 1. The minimum absolute atomic E-state index is 0.0430. The van der Waals surface area contributed by atoms with Crippen LogP contribution in [-0.2, 0) is 9.59 Å². The van der Waals surface area contributed by atoms with Gasteiger partial charge in [-0.05, 0) is 12.8 Å². The fourth-order valence-electron chi connectivity index (χ4n) is 2.90. The highest BCUT2D eigenvalue weighted by atomic mass is 32.2. The molecule has 114 valence electrons. The molecular weight excluding hydrogens is 295 g/mol. The molecule has 2 aliphatic rings. The van der Waals surface area contributed by atoms with Crippen molar-refractivity contribution < 1.29 is 27.9 Å². The van der Waals surface area contributed by atoms with E-state index in [1.54, 1.807) is 0 Å². The van der Waals surface area contributed by atoms with Gasteiger partial charge in [-0.1, -0.05) is 12.8 Å². The number of carboxylic acids is 1. The van der Waals surface area contributed by atoms with E-state index in [0.717, 1.165) is 4.90 Å². The number of halogens is 3. The van der Waals surface area contributed by atoms with Crippen molar-refractivity contribution in [3.8, 4) is 0 Å². The first-order chi connectivity index (χ1) is 9.32. The molecule has 1 aliphatic carbocycles. The zero-order valence-electron chi connectivity index (χ0n) is 10.7. The maximum absolute atomic E-state index is 13.0. The highest BCUT2D eigenvalue weighted by Gasteiger charge is 2.50. The molecule has 0 aromatic carbocycles. The smallest absolute Gasteiger partial charge is 0.392 e. The van der Waals surface area contributed by atoms with Crippen molar-refractivity contribution in [2.75, 3.05) is 11.6 Å². The van der Waals surface area contributed by atoms with E-state index in [1.165, 1.54) is 11.8 Å². The van der Waals surface area contributed by atoms with Gasteiger partial charge >= 0.3 is 12.1 Å². The van der Waals surface area contributed by atoms with Crippen molar-refractivity contribution in [1.82, 2.24) is 4.90 Å². The highest BCUT2D eigenvalue weighted by Crippen LogP contribution is 2.43. The van der Waals surface area contributed by atoms with Gasteiger partial charge in [-0.15, -0.1) is 11.8 Å². The molecule has 1 saturated heterocycles. The zero-order chi connectivity index (χ0) is 14.9. The predicted molar refractivity (Wildman–Crippen MR) is 67.1 cm³/mol. The molecule has 1 saturated carbocycles. The average molecular weight is 311 g/mol. The van der Waals surface area contributed by atoms with Crippen LogP contribution >= 0.6 is 11.8 Å². The van der Waals surface area contributed by atoms with Crippen LogP contribution in [-0.4, -0.2) is 45.7 Å². The minimum atomic E-state index is -4.40. The Balaban J connectivity index is 2.15. The van der Waals surface area contributed by atoms with E-state index in [0.29, 0.717) is 12.8 Å².